The number of hydrogen-bond donors (Lipinski definition) is 2. The molecule has 7 nitrogen and oxygen atoms in total. The lowest BCUT2D eigenvalue weighted by molar-refractivity contribution is 0.230. The molecular weight excluding hydrogens is 272 g/mol. The minimum absolute atomic E-state index is 0.0332. The van der Waals surface area contributed by atoms with Gasteiger partial charge in [0, 0.05) is 18.3 Å². The maximum absolute atomic E-state index is 11.6. The van der Waals surface area contributed by atoms with E-state index in [1.807, 2.05) is 26.0 Å². The van der Waals surface area contributed by atoms with E-state index in [0.717, 1.165) is 5.56 Å². The lowest BCUT2D eigenvalue weighted by Gasteiger charge is -2.14. The van der Waals surface area contributed by atoms with Crippen LogP contribution in [0.2, 0.25) is 0 Å². The number of hydrogen-bond acceptors (Lipinski definition) is 6. The van der Waals surface area contributed by atoms with E-state index >= 15 is 0 Å². The van der Waals surface area contributed by atoms with E-state index in [2.05, 4.69) is 20.3 Å². The fraction of sp³-hybridized carbons (Fsp3) is 0.357. The first-order valence-electron chi connectivity index (χ1n) is 6.58. The molecule has 0 atom stereocenters. The molecular formula is C14H18N4O3. The van der Waals surface area contributed by atoms with Gasteiger partial charge in [-0.1, -0.05) is 6.07 Å². The SMILES string of the molecule is COc1c(NCc2cccnc2OC(C)C)nc[nH]c1=O. The van der Waals surface area contributed by atoms with Crippen LogP contribution < -0.4 is 20.3 Å². The molecule has 7 heteroatoms. The summed E-state index contributed by atoms with van der Waals surface area (Å²) < 4.78 is 10.7. The fourth-order valence-corrected chi connectivity index (χ4v) is 1.77. The second-order valence-corrected chi connectivity index (χ2v) is 4.60. The van der Waals surface area contributed by atoms with Gasteiger partial charge < -0.3 is 19.8 Å². The molecule has 21 heavy (non-hydrogen) atoms. The zero-order chi connectivity index (χ0) is 15.2. The first-order chi connectivity index (χ1) is 10.1. The molecule has 2 N–H and O–H groups in total. The van der Waals surface area contributed by atoms with Gasteiger partial charge in [-0.25, -0.2) is 9.97 Å². The number of nitrogens with zero attached hydrogens (tertiary/aromatic N) is 2. The molecule has 0 unspecified atom stereocenters. The first-order valence-corrected chi connectivity index (χ1v) is 6.58. The number of anilines is 1. The van der Waals surface area contributed by atoms with E-state index in [1.165, 1.54) is 13.4 Å². The highest BCUT2D eigenvalue weighted by atomic mass is 16.5. The molecule has 0 bridgehead atoms. The summed E-state index contributed by atoms with van der Waals surface area (Å²) in [5, 5.41) is 3.06. The zero-order valence-electron chi connectivity index (χ0n) is 12.2. The van der Waals surface area contributed by atoms with Crippen LogP contribution in [0.4, 0.5) is 5.82 Å². The Bertz CT molecular complexity index is 655. The van der Waals surface area contributed by atoms with Crippen LogP contribution in [0.1, 0.15) is 19.4 Å². The van der Waals surface area contributed by atoms with Gasteiger partial charge in [0.05, 0.1) is 19.5 Å². The molecule has 2 heterocycles. The van der Waals surface area contributed by atoms with Crippen LogP contribution in [-0.2, 0) is 6.54 Å². The second-order valence-electron chi connectivity index (χ2n) is 4.60. The topological polar surface area (TPSA) is 89.1 Å². The highest BCUT2D eigenvalue weighted by molar-refractivity contribution is 5.48. The van der Waals surface area contributed by atoms with Crippen molar-refractivity contribution in [2.75, 3.05) is 12.4 Å². The van der Waals surface area contributed by atoms with Crippen molar-refractivity contribution in [3.05, 3.63) is 40.6 Å². The van der Waals surface area contributed by atoms with Gasteiger partial charge in [-0.3, -0.25) is 4.79 Å². The Kier molecular flexibility index (Phi) is 4.76. The molecule has 0 aliphatic carbocycles. The van der Waals surface area contributed by atoms with Gasteiger partial charge in [0.1, 0.15) is 0 Å². The first kappa shape index (κ1) is 14.8. The van der Waals surface area contributed by atoms with E-state index < -0.39 is 0 Å². The number of nitrogens with one attached hydrogen (secondary N) is 2. The van der Waals surface area contributed by atoms with E-state index in [-0.39, 0.29) is 17.4 Å². The van der Waals surface area contributed by atoms with Gasteiger partial charge in [0.15, 0.2) is 5.82 Å². The Morgan fingerprint density at radius 3 is 2.90 bits per heavy atom. The molecule has 2 rings (SSSR count). The molecule has 112 valence electrons. The summed E-state index contributed by atoms with van der Waals surface area (Å²) in [5.74, 6) is 1.08. The van der Waals surface area contributed by atoms with Gasteiger partial charge >= 0.3 is 0 Å². The monoisotopic (exact) mass is 290 g/mol. The summed E-state index contributed by atoms with van der Waals surface area (Å²) in [7, 11) is 1.43. The van der Waals surface area contributed by atoms with E-state index in [4.69, 9.17) is 9.47 Å². The molecule has 0 saturated carbocycles. The lowest BCUT2D eigenvalue weighted by atomic mass is 10.2. The third kappa shape index (κ3) is 3.71. The molecule has 0 aliphatic heterocycles. The van der Waals surface area contributed by atoms with Crippen LogP contribution in [0.25, 0.3) is 0 Å². The van der Waals surface area contributed by atoms with Crippen molar-refractivity contribution in [3.63, 3.8) is 0 Å². The molecule has 0 saturated heterocycles. The summed E-state index contributed by atoms with van der Waals surface area (Å²) in [5.41, 5.74) is 0.537. The maximum Gasteiger partial charge on any atom is 0.295 e. The minimum atomic E-state index is -0.333. The van der Waals surface area contributed by atoms with Crippen molar-refractivity contribution in [1.82, 2.24) is 15.0 Å². The number of aromatic amines is 1. The Morgan fingerprint density at radius 1 is 1.38 bits per heavy atom. The summed E-state index contributed by atoms with van der Waals surface area (Å²) in [6.45, 7) is 4.29. The molecule has 0 fully saturated rings. The molecule has 2 aromatic heterocycles. The quantitative estimate of drug-likeness (QED) is 0.839. The molecule has 0 radical (unpaired) electrons. The average Bonchev–Trinajstić information content (AvgIpc) is 2.46. The van der Waals surface area contributed by atoms with Gasteiger partial charge in [0.2, 0.25) is 11.6 Å². The number of pyridine rings is 1. The number of rotatable bonds is 6. The molecule has 0 amide bonds. The predicted molar refractivity (Wildman–Crippen MR) is 78.7 cm³/mol. The van der Waals surface area contributed by atoms with Gasteiger partial charge in [-0.2, -0.15) is 0 Å². The molecule has 0 aliphatic rings. The van der Waals surface area contributed by atoms with Crippen molar-refractivity contribution in [1.29, 1.82) is 0 Å². The highest BCUT2D eigenvalue weighted by Crippen LogP contribution is 2.20. The van der Waals surface area contributed by atoms with Gasteiger partial charge in [-0.05, 0) is 19.9 Å². The van der Waals surface area contributed by atoms with Crippen LogP contribution in [-0.4, -0.2) is 28.2 Å². The Labute approximate surface area is 122 Å². The fourth-order valence-electron chi connectivity index (χ4n) is 1.77. The second kappa shape index (κ2) is 6.74. The molecule has 0 spiro atoms. The Balaban J connectivity index is 2.17. The summed E-state index contributed by atoms with van der Waals surface area (Å²) in [4.78, 5) is 22.3. The van der Waals surface area contributed by atoms with Crippen molar-refractivity contribution in [3.8, 4) is 11.6 Å². The smallest absolute Gasteiger partial charge is 0.295 e. The molecule has 2 aromatic rings. The Hall–Kier alpha value is -2.57. The number of H-pyrrole nitrogens is 1. The standard InChI is InChI=1S/C14H18N4O3/c1-9(2)21-14-10(5-4-6-15-14)7-16-12-11(20-3)13(19)18-8-17-12/h4-6,8-9H,7H2,1-3H3,(H2,16,17,18,19). The third-order valence-electron chi connectivity index (χ3n) is 2.66. The van der Waals surface area contributed by atoms with Crippen LogP contribution in [0, 0.1) is 0 Å². The summed E-state index contributed by atoms with van der Waals surface area (Å²) in [6.07, 6.45) is 3.03. The maximum atomic E-state index is 11.6. The largest absolute Gasteiger partial charge is 0.489 e. The zero-order valence-corrected chi connectivity index (χ0v) is 12.2. The lowest BCUT2D eigenvalue weighted by Crippen LogP contribution is -2.15. The van der Waals surface area contributed by atoms with Crippen molar-refractivity contribution >= 4 is 5.82 Å². The number of aromatic nitrogens is 3. The molecule has 0 aromatic carbocycles. The van der Waals surface area contributed by atoms with E-state index in [0.29, 0.717) is 18.2 Å². The average molecular weight is 290 g/mol. The number of ether oxygens (including phenoxy) is 2. The van der Waals surface area contributed by atoms with Crippen molar-refractivity contribution in [2.24, 2.45) is 0 Å². The van der Waals surface area contributed by atoms with Crippen LogP contribution in [0.3, 0.4) is 0 Å². The van der Waals surface area contributed by atoms with Crippen LogP contribution in [0.5, 0.6) is 11.6 Å². The van der Waals surface area contributed by atoms with E-state index in [9.17, 15) is 4.79 Å². The van der Waals surface area contributed by atoms with Crippen LogP contribution in [0.15, 0.2) is 29.5 Å². The van der Waals surface area contributed by atoms with Crippen molar-refractivity contribution < 1.29 is 9.47 Å². The Morgan fingerprint density at radius 2 is 2.19 bits per heavy atom. The van der Waals surface area contributed by atoms with E-state index in [1.54, 1.807) is 6.20 Å². The summed E-state index contributed by atoms with van der Waals surface area (Å²) >= 11 is 0. The van der Waals surface area contributed by atoms with Crippen molar-refractivity contribution in [2.45, 2.75) is 26.5 Å². The van der Waals surface area contributed by atoms with Gasteiger partial charge in [-0.15, -0.1) is 0 Å². The predicted octanol–water partition coefficient (Wildman–Crippen LogP) is 1.57. The summed E-state index contributed by atoms with van der Waals surface area (Å²) in [6, 6.07) is 3.73. The highest BCUT2D eigenvalue weighted by Gasteiger charge is 2.11. The van der Waals surface area contributed by atoms with Gasteiger partial charge in [0.25, 0.3) is 5.56 Å². The third-order valence-corrected chi connectivity index (χ3v) is 2.66. The minimum Gasteiger partial charge on any atom is -0.489 e. The number of methoxy groups -OCH3 is 1. The normalized spacial score (nSPS) is 10.5. The van der Waals surface area contributed by atoms with Crippen LogP contribution >= 0.6 is 0 Å².